The van der Waals surface area contributed by atoms with Gasteiger partial charge in [-0.15, -0.1) is 0 Å². The summed E-state index contributed by atoms with van der Waals surface area (Å²) >= 11 is 0. The molecule has 5 nitrogen and oxygen atoms in total. The normalized spacial score (nSPS) is 23.9. The molecule has 0 aromatic carbocycles. The van der Waals surface area contributed by atoms with Gasteiger partial charge in [0, 0.05) is 31.9 Å². The highest BCUT2D eigenvalue weighted by molar-refractivity contribution is 7.90. The number of hydrogen-bond acceptors (Lipinski definition) is 4. The van der Waals surface area contributed by atoms with E-state index in [9.17, 15) is 13.2 Å². The van der Waals surface area contributed by atoms with Crippen molar-refractivity contribution in [2.24, 2.45) is 11.8 Å². The molecule has 0 aromatic rings. The topological polar surface area (TPSA) is 57.7 Å². The summed E-state index contributed by atoms with van der Waals surface area (Å²) in [6.45, 7) is 10.7. The van der Waals surface area contributed by atoms with E-state index < -0.39 is 9.84 Å². The summed E-state index contributed by atoms with van der Waals surface area (Å²) in [6.07, 6.45) is 2.41. The van der Waals surface area contributed by atoms with Gasteiger partial charge in [-0.25, -0.2) is 8.42 Å². The Hall–Kier alpha value is -0.620. The van der Waals surface area contributed by atoms with Crippen molar-refractivity contribution >= 4 is 15.7 Å². The van der Waals surface area contributed by atoms with Gasteiger partial charge in [-0.05, 0) is 32.1 Å². The molecule has 0 aliphatic carbocycles. The highest BCUT2D eigenvalue weighted by Crippen LogP contribution is 2.21. The number of sulfone groups is 1. The minimum absolute atomic E-state index is 0.102. The fourth-order valence-corrected chi connectivity index (χ4v) is 3.51. The van der Waals surface area contributed by atoms with Crippen LogP contribution in [0.2, 0.25) is 0 Å². The van der Waals surface area contributed by atoms with Gasteiger partial charge in [-0.3, -0.25) is 9.69 Å². The monoisotopic (exact) mass is 318 g/mol. The van der Waals surface area contributed by atoms with Gasteiger partial charge >= 0.3 is 0 Å². The highest BCUT2D eigenvalue weighted by Gasteiger charge is 2.27. The molecule has 1 aliphatic rings. The lowest BCUT2D eigenvalue weighted by atomic mass is 9.92. The van der Waals surface area contributed by atoms with Gasteiger partial charge in [0.25, 0.3) is 0 Å². The van der Waals surface area contributed by atoms with E-state index in [0.717, 1.165) is 13.1 Å². The van der Waals surface area contributed by atoms with Crippen LogP contribution in [0.4, 0.5) is 0 Å². The number of carbonyl (C=O) groups excluding carboxylic acids is 1. The second-order valence-electron chi connectivity index (χ2n) is 6.94. The molecular weight excluding hydrogens is 288 g/mol. The molecule has 21 heavy (non-hydrogen) atoms. The van der Waals surface area contributed by atoms with Crippen molar-refractivity contribution in [2.75, 3.05) is 38.2 Å². The smallest absolute Gasteiger partial charge is 0.236 e. The molecule has 0 N–H and O–H groups in total. The molecule has 1 fully saturated rings. The summed E-state index contributed by atoms with van der Waals surface area (Å²) in [5, 5.41) is 0. The van der Waals surface area contributed by atoms with Gasteiger partial charge in [0.15, 0.2) is 0 Å². The molecule has 1 heterocycles. The van der Waals surface area contributed by atoms with Gasteiger partial charge in [0.2, 0.25) is 5.91 Å². The number of nitrogens with zero attached hydrogens (tertiary/aromatic N) is 2. The molecule has 0 aromatic heterocycles. The summed E-state index contributed by atoms with van der Waals surface area (Å²) in [5.74, 6) is 1.31. The van der Waals surface area contributed by atoms with Crippen molar-refractivity contribution in [3.8, 4) is 0 Å². The van der Waals surface area contributed by atoms with Gasteiger partial charge in [-0.1, -0.05) is 13.8 Å². The third kappa shape index (κ3) is 6.78. The van der Waals surface area contributed by atoms with Gasteiger partial charge in [-0.2, -0.15) is 0 Å². The van der Waals surface area contributed by atoms with Crippen molar-refractivity contribution in [3.05, 3.63) is 0 Å². The second kappa shape index (κ2) is 7.58. The molecule has 1 saturated heterocycles. The number of piperidine rings is 1. The summed E-state index contributed by atoms with van der Waals surface area (Å²) in [5.41, 5.74) is 0. The maximum absolute atomic E-state index is 12.5. The summed E-state index contributed by atoms with van der Waals surface area (Å²) < 4.78 is 22.6. The molecule has 1 aliphatic heterocycles. The maximum atomic E-state index is 12.5. The Balaban J connectivity index is 2.59. The average Bonchev–Trinajstić information content (AvgIpc) is 2.31. The third-order valence-corrected chi connectivity index (χ3v) is 4.96. The van der Waals surface area contributed by atoms with Crippen molar-refractivity contribution in [2.45, 2.75) is 40.2 Å². The zero-order valence-electron chi connectivity index (χ0n) is 14.0. The van der Waals surface area contributed by atoms with Crippen molar-refractivity contribution < 1.29 is 13.2 Å². The zero-order chi connectivity index (χ0) is 16.2. The molecule has 0 radical (unpaired) electrons. The van der Waals surface area contributed by atoms with Crippen LogP contribution in [0.3, 0.4) is 0 Å². The number of likely N-dealkylation sites (tertiary alicyclic amines) is 1. The Morgan fingerprint density at radius 3 is 2.19 bits per heavy atom. The molecule has 0 bridgehead atoms. The minimum atomic E-state index is -3.00. The molecule has 0 saturated carbocycles. The van der Waals surface area contributed by atoms with Gasteiger partial charge in [0.1, 0.15) is 9.84 Å². The molecule has 124 valence electrons. The lowest BCUT2D eigenvalue weighted by Gasteiger charge is -2.37. The summed E-state index contributed by atoms with van der Waals surface area (Å²) in [4.78, 5) is 16.4. The van der Waals surface area contributed by atoms with E-state index in [1.807, 2.05) is 23.6 Å². The van der Waals surface area contributed by atoms with E-state index in [4.69, 9.17) is 0 Å². The standard InChI is InChI=1S/C15H30N2O3S/c1-12(2)16(6-7-21(5,19)20)11-15(18)17-9-13(3)8-14(4)10-17/h12-14H,6-11H2,1-5H3. The Bertz CT molecular complexity index is 438. The summed E-state index contributed by atoms with van der Waals surface area (Å²) in [7, 11) is -3.00. The number of rotatable bonds is 6. The lowest BCUT2D eigenvalue weighted by Crippen LogP contribution is -2.48. The molecule has 1 rings (SSSR count). The van der Waals surface area contributed by atoms with Crippen molar-refractivity contribution in [1.82, 2.24) is 9.80 Å². The Morgan fingerprint density at radius 1 is 1.24 bits per heavy atom. The largest absolute Gasteiger partial charge is 0.341 e. The van der Waals surface area contributed by atoms with E-state index in [2.05, 4.69) is 13.8 Å². The predicted molar refractivity (Wildman–Crippen MR) is 85.9 cm³/mol. The number of carbonyl (C=O) groups is 1. The summed E-state index contributed by atoms with van der Waals surface area (Å²) in [6, 6.07) is 0.162. The number of hydrogen-bond donors (Lipinski definition) is 0. The fourth-order valence-electron chi connectivity index (χ4n) is 2.94. The molecule has 1 amide bonds. The average molecular weight is 318 g/mol. The first-order valence-electron chi connectivity index (χ1n) is 7.78. The minimum Gasteiger partial charge on any atom is -0.341 e. The van der Waals surface area contributed by atoms with Crippen LogP contribution in [0.15, 0.2) is 0 Å². The maximum Gasteiger partial charge on any atom is 0.236 e. The van der Waals surface area contributed by atoms with E-state index in [1.165, 1.54) is 12.7 Å². The molecular formula is C15H30N2O3S. The van der Waals surface area contributed by atoms with Crippen LogP contribution in [-0.2, 0) is 14.6 Å². The van der Waals surface area contributed by atoms with E-state index in [1.54, 1.807) is 0 Å². The first-order valence-corrected chi connectivity index (χ1v) is 9.84. The van der Waals surface area contributed by atoms with E-state index in [-0.39, 0.29) is 17.7 Å². The van der Waals surface area contributed by atoms with Crippen LogP contribution in [0.5, 0.6) is 0 Å². The predicted octanol–water partition coefficient (Wildman–Crippen LogP) is 1.25. The first-order chi connectivity index (χ1) is 9.58. The quantitative estimate of drug-likeness (QED) is 0.739. The highest BCUT2D eigenvalue weighted by atomic mass is 32.2. The Morgan fingerprint density at radius 2 is 1.76 bits per heavy atom. The third-order valence-electron chi connectivity index (χ3n) is 4.04. The van der Waals surface area contributed by atoms with Crippen LogP contribution >= 0.6 is 0 Å². The first kappa shape index (κ1) is 18.4. The zero-order valence-corrected chi connectivity index (χ0v) is 14.8. The van der Waals surface area contributed by atoms with Crippen LogP contribution < -0.4 is 0 Å². The van der Waals surface area contributed by atoms with Crippen LogP contribution in [0, 0.1) is 11.8 Å². The van der Waals surface area contributed by atoms with Crippen LogP contribution in [0.25, 0.3) is 0 Å². The van der Waals surface area contributed by atoms with Crippen LogP contribution in [-0.4, -0.2) is 68.4 Å². The molecule has 6 heteroatoms. The Labute approximate surface area is 129 Å². The van der Waals surface area contributed by atoms with Crippen molar-refractivity contribution in [1.29, 1.82) is 0 Å². The van der Waals surface area contributed by atoms with Gasteiger partial charge < -0.3 is 4.90 Å². The van der Waals surface area contributed by atoms with Crippen molar-refractivity contribution in [3.63, 3.8) is 0 Å². The fraction of sp³-hybridized carbons (Fsp3) is 0.933. The van der Waals surface area contributed by atoms with Crippen LogP contribution in [0.1, 0.15) is 34.1 Å². The second-order valence-corrected chi connectivity index (χ2v) is 9.20. The van der Waals surface area contributed by atoms with E-state index in [0.29, 0.717) is 24.9 Å². The SMILES string of the molecule is CC1CC(C)CN(C(=O)CN(CCS(C)(=O)=O)C(C)C)C1. The molecule has 2 atom stereocenters. The Kier molecular flexibility index (Phi) is 6.66. The lowest BCUT2D eigenvalue weighted by molar-refractivity contribution is -0.135. The number of amides is 1. The van der Waals surface area contributed by atoms with E-state index >= 15 is 0 Å². The molecule has 0 spiro atoms. The van der Waals surface area contributed by atoms with Gasteiger partial charge in [0.05, 0.1) is 12.3 Å². The molecule has 2 unspecified atom stereocenters.